The van der Waals surface area contributed by atoms with E-state index in [2.05, 4.69) is 9.46 Å². The summed E-state index contributed by atoms with van der Waals surface area (Å²) in [6.07, 6.45) is -0.777. The van der Waals surface area contributed by atoms with Crippen molar-refractivity contribution >= 4 is 27.0 Å². The van der Waals surface area contributed by atoms with Gasteiger partial charge >= 0.3 is 5.97 Å². The van der Waals surface area contributed by atoms with Gasteiger partial charge in [-0.1, -0.05) is 18.2 Å². The molecule has 0 spiro atoms. The summed E-state index contributed by atoms with van der Waals surface area (Å²) in [5, 5.41) is 11.1. The molecule has 0 saturated carbocycles. The second-order valence-corrected chi connectivity index (χ2v) is 7.67. The van der Waals surface area contributed by atoms with Crippen LogP contribution in [-0.4, -0.2) is 33.1 Å². The predicted octanol–water partition coefficient (Wildman–Crippen LogP) is 2.62. The van der Waals surface area contributed by atoms with Crippen molar-refractivity contribution in [2.75, 3.05) is 13.7 Å². The average molecular weight is 389 g/mol. The summed E-state index contributed by atoms with van der Waals surface area (Å²) in [6.45, 7) is 0.0271. The van der Waals surface area contributed by atoms with E-state index in [1.54, 1.807) is 12.1 Å². The van der Waals surface area contributed by atoms with E-state index in [0.29, 0.717) is 11.3 Å². The fourth-order valence-corrected chi connectivity index (χ4v) is 3.66. The molecule has 8 heteroatoms. The molecular weight excluding hydrogens is 370 g/mol. The number of ether oxygens (including phenoxy) is 1. The Hall–Kier alpha value is -2.68. The van der Waals surface area contributed by atoms with Crippen LogP contribution in [0.2, 0.25) is 0 Å². The minimum atomic E-state index is -3.76. The molecule has 1 aromatic heterocycles. The largest absolute Gasteiger partial charge is 0.465 e. The molecule has 0 aliphatic rings. The molecule has 2 aromatic carbocycles. The van der Waals surface area contributed by atoms with E-state index in [1.165, 1.54) is 31.4 Å². The molecule has 2 N–H and O–H groups in total. The maximum Gasteiger partial charge on any atom is 0.337 e. The Kier molecular flexibility index (Phi) is 5.59. The zero-order valence-electron chi connectivity index (χ0n) is 14.6. The fourth-order valence-electron chi connectivity index (χ4n) is 2.61. The van der Waals surface area contributed by atoms with Gasteiger partial charge in [-0.05, 0) is 42.8 Å². The van der Waals surface area contributed by atoms with Crippen LogP contribution in [0.15, 0.2) is 63.9 Å². The lowest BCUT2D eigenvalue weighted by molar-refractivity contribution is 0.0600. The number of rotatable bonds is 7. The number of furan rings is 1. The van der Waals surface area contributed by atoms with E-state index >= 15 is 0 Å². The number of carbonyl (C=O) groups excluding carboxylic acids is 1. The van der Waals surface area contributed by atoms with Gasteiger partial charge < -0.3 is 14.3 Å². The summed E-state index contributed by atoms with van der Waals surface area (Å²) in [5.41, 5.74) is 0.926. The Balaban J connectivity index is 1.60. The number of para-hydroxylation sites is 1. The molecule has 0 fully saturated rings. The maximum absolute atomic E-state index is 12.3. The molecule has 0 radical (unpaired) electrons. The van der Waals surface area contributed by atoms with Crippen molar-refractivity contribution < 1.29 is 27.5 Å². The van der Waals surface area contributed by atoms with Crippen LogP contribution in [0.25, 0.3) is 11.0 Å². The third-order valence-electron chi connectivity index (χ3n) is 4.07. The number of fused-ring (bicyclic) bond motifs is 1. The topological polar surface area (TPSA) is 106 Å². The van der Waals surface area contributed by atoms with Crippen LogP contribution in [0.4, 0.5) is 0 Å². The van der Waals surface area contributed by atoms with Gasteiger partial charge in [-0.3, -0.25) is 0 Å². The zero-order chi connectivity index (χ0) is 19.4. The van der Waals surface area contributed by atoms with Gasteiger partial charge in [0.1, 0.15) is 17.4 Å². The third kappa shape index (κ3) is 4.36. The van der Waals surface area contributed by atoms with E-state index < -0.39 is 22.1 Å². The first-order valence-corrected chi connectivity index (χ1v) is 9.73. The number of hydrogen-bond donors (Lipinski definition) is 2. The number of benzene rings is 2. The van der Waals surface area contributed by atoms with Crippen LogP contribution >= 0.6 is 0 Å². The highest BCUT2D eigenvalue weighted by Crippen LogP contribution is 2.25. The lowest BCUT2D eigenvalue weighted by Gasteiger charge is -2.10. The number of methoxy groups -OCH3 is 1. The highest BCUT2D eigenvalue weighted by molar-refractivity contribution is 7.89. The second kappa shape index (κ2) is 7.91. The van der Waals surface area contributed by atoms with Crippen LogP contribution in [0, 0.1) is 0 Å². The minimum absolute atomic E-state index is 0.0216. The number of aliphatic hydroxyl groups excluding tert-OH is 1. The molecule has 0 aliphatic heterocycles. The smallest absolute Gasteiger partial charge is 0.337 e. The molecule has 7 nitrogen and oxygen atoms in total. The van der Waals surface area contributed by atoms with Crippen LogP contribution in [0.3, 0.4) is 0 Å². The Morgan fingerprint density at radius 2 is 1.89 bits per heavy atom. The molecule has 1 unspecified atom stereocenters. The summed E-state index contributed by atoms with van der Waals surface area (Å²) in [7, 11) is -2.50. The van der Waals surface area contributed by atoms with Crippen LogP contribution in [0.1, 0.15) is 28.6 Å². The highest BCUT2D eigenvalue weighted by atomic mass is 32.2. The van der Waals surface area contributed by atoms with Crippen molar-refractivity contribution in [1.29, 1.82) is 0 Å². The maximum atomic E-state index is 12.3. The highest BCUT2D eigenvalue weighted by Gasteiger charge is 2.17. The van der Waals surface area contributed by atoms with Crippen molar-refractivity contribution in [2.45, 2.75) is 17.4 Å². The van der Waals surface area contributed by atoms with Gasteiger partial charge in [0.2, 0.25) is 10.0 Å². The number of nitrogens with one attached hydrogen (secondary N) is 1. The summed E-state index contributed by atoms with van der Waals surface area (Å²) in [6, 6.07) is 14.5. The van der Waals surface area contributed by atoms with Crippen molar-refractivity contribution in [3.05, 3.63) is 65.9 Å². The first kappa shape index (κ1) is 19.1. The van der Waals surface area contributed by atoms with E-state index in [0.717, 1.165) is 5.39 Å². The number of hydrogen-bond acceptors (Lipinski definition) is 6. The normalized spacial score (nSPS) is 12.8. The molecule has 0 bridgehead atoms. The van der Waals surface area contributed by atoms with Gasteiger partial charge in [-0.2, -0.15) is 0 Å². The van der Waals surface area contributed by atoms with Crippen molar-refractivity contribution in [1.82, 2.24) is 4.72 Å². The molecule has 1 atom stereocenters. The molecule has 3 aromatic rings. The zero-order valence-corrected chi connectivity index (χ0v) is 15.4. The quantitative estimate of drug-likeness (QED) is 0.602. The number of carbonyl (C=O) groups is 1. The SMILES string of the molecule is COC(=O)c1ccc(S(=O)(=O)NCCC(O)c2cc3ccccc3o2)cc1. The average Bonchev–Trinajstić information content (AvgIpc) is 3.11. The van der Waals surface area contributed by atoms with E-state index in [-0.39, 0.29) is 23.4 Å². The van der Waals surface area contributed by atoms with Crippen molar-refractivity contribution in [3.8, 4) is 0 Å². The molecular formula is C19H19NO6S. The molecule has 0 aliphatic carbocycles. The monoisotopic (exact) mass is 389 g/mol. The molecule has 0 amide bonds. The number of aliphatic hydroxyl groups is 1. The van der Waals surface area contributed by atoms with E-state index in [9.17, 15) is 18.3 Å². The van der Waals surface area contributed by atoms with Crippen molar-refractivity contribution in [3.63, 3.8) is 0 Å². The number of esters is 1. The van der Waals surface area contributed by atoms with E-state index in [4.69, 9.17) is 4.42 Å². The fraction of sp³-hybridized carbons (Fsp3) is 0.211. The molecule has 1 heterocycles. The summed E-state index contributed by atoms with van der Waals surface area (Å²) in [4.78, 5) is 11.4. The van der Waals surface area contributed by atoms with Gasteiger partial charge in [0.05, 0.1) is 17.6 Å². The number of sulfonamides is 1. The first-order valence-electron chi connectivity index (χ1n) is 8.25. The molecule has 27 heavy (non-hydrogen) atoms. The van der Waals surface area contributed by atoms with Crippen LogP contribution < -0.4 is 4.72 Å². The van der Waals surface area contributed by atoms with E-state index in [1.807, 2.05) is 18.2 Å². The van der Waals surface area contributed by atoms with Crippen molar-refractivity contribution in [2.24, 2.45) is 0 Å². The van der Waals surface area contributed by atoms with Gasteiger partial charge in [-0.25, -0.2) is 17.9 Å². The lowest BCUT2D eigenvalue weighted by atomic mass is 10.2. The standard InChI is InChI=1S/C19H19NO6S/c1-25-19(22)13-6-8-15(9-7-13)27(23,24)20-11-10-16(21)18-12-14-4-2-3-5-17(14)26-18/h2-9,12,16,20-21H,10-11H2,1H3. The Labute approximate surface area is 156 Å². The Morgan fingerprint density at radius 3 is 2.56 bits per heavy atom. The van der Waals surface area contributed by atoms with Crippen LogP contribution in [-0.2, 0) is 14.8 Å². The molecule has 3 rings (SSSR count). The summed E-state index contributed by atoms with van der Waals surface area (Å²) >= 11 is 0. The lowest BCUT2D eigenvalue weighted by Crippen LogP contribution is -2.26. The van der Waals surface area contributed by atoms with Gasteiger partial charge in [0.25, 0.3) is 0 Å². The van der Waals surface area contributed by atoms with Gasteiger partial charge in [0.15, 0.2) is 0 Å². The van der Waals surface area contributed by atoms with Gasteiger partial charge in [0, 0.05) is 11.9 Å². The Morgan fingerprint density at radius 1 is 1.19 bits per heavy atom. The molecule has 0 saturated heterocycles. The Bertz CT molecular complexity index is 1010. The predicted molar refractivity (Wildman–Crippen MR) is 98.8 cm³/mol. The molecule has 142 valence electrons. The van der Waals surface area contributed by atoms with Crippen LogP contribution in [0.5, 0.6) is 0 Å². The first-order chi connectivity index (χ1) is 12.9. The third-order valence-corrected chi connectivity index (χ3v) is 5.55. The second-order valence-electron chi connectivity index (χ2n) is 5.90. The summed E-state index contributed by atoms with van der Waals surface area (Å²) < 4.78 is 37.2. The summed E-state index contributed by atoms with van der Waals surface area (Å²) in [5.74, 6) is -0.154. The minimum Gasteiger partial charge on any atom is -0.465 e. The van der Waals surface area contributed by atoms with Gasteiger partial charge in [-0.15, -0.1) is 0 Å².